The van der Waals surface area contributed by atoms with Gasteiger partial charge in [0.15, 0.2) is 0 Å². The van der Waals surface area contributed by atoms with Gasteiger partial charge in [-0.3, -0.25) is 9.78 Å². The Bertz CT molecular complexity index is 384. The van der Waals surface area contributed by atoms with Crippen molar-refractivity contribution < 1.29 is 0 Å². The highest BCUT2D eigenvalue weighted by Gasteiger charge is 2.00. The van der Waals surface area contributed by atoms with E-state index in [9.17, 15) is 4.79 Å². The maximum absolute atomic E-state index is 11.4. The maximum Gasteiger partial charge on any atom is 0.272 e. The molecule has 0 N–H and O–H groups in total. The number of nitrogens with zero attached hydrogens (tertiary/aromatic N) is 2. The summed E-state index contributed by atoms with van der Waals surface area (Å²) in [5, 5.41) is 0.411. The van der Waals surface area contributed by atoms with Crippen LogP contribution in [0.5, 0.6) is 0 Å². The highest BCUT2D eigenvalue weighted by molar-refractivity contribution is 6.36. The number of allylic oxidation sites excluding steroid dienone is 1. The fraction of sp³-hybridized carbons (Fsp3) is 0.250. The zero-order valence-corrected chi connectivity index (χ0v) is 8.51. The van der Waals surface area contributed by atoms with Gasteiger partial charge < -0.3 is 4.57 Å². The van der Waals surface area contributed by atoms with Gasteiger partial charge in [0.25, 0.3) is 5.56 Å². The largest absolute Gasteiger partial charge is 0.307 e. The van der Waals surface area contributed by atoms with Gasteiger partial charge in [0.1, 0.15) is 5.69 Å². The van der Waals surface area contributed by atoms with Gasteiger partial charge in [-0.25, -0.2) is 0 Å². The van der Waals surface area contributed by atoms with Crippen LogP contribution in [-0.2, 0) is 6.54 Å². The second-order valence-electron chi connectivity index (χ2n) is 2.50. The standard InChI is InChI=1S/C8H8Cl2N2O/c1-6-8(13)12(3-2-11-6)5-7(10)4-9/h2-4H,5H2,1H3/b7-4-. The molecule has 0 atom stereocenters. The van der Waals surface area contributed by atoms with Crippen LogP contribution in [0.3, 0.4) is 0 Å². The molecule has 1 heterocycles. The quantitative estimate of drug-likeness (QED) is 0.760. The molecule has 5 heteroatoms. The van der Waals surface area contributed by atoms with Crippen LogP contribution in [0, 0.1) is 6.92 Å². The van der Waals surface area contributed by atoms with Crippen molar-refractivity contribution in [2.45, 2.75) is 13.5 Å². The highest BCUT2D eigenvalue weighted by Crippen LogP contribution is 2.04. The van der Waals surface area contributed by atoms with E-state index in [-0.39, 0.29) is 12.1 Å². The Morgan fingerprint density at radius 2 is 2.46 bits per heavy atom. The minimum absolute atomic E-state index is 0.154. The zero-order valence-electron chi connectivity index (χ0n) is 7.00. The van der Waals surface area contributed by atoms with Crippen LogP contribution in [-0.4, -0.2) is 9.55 Å². The van der Waals surface area contributed by atoms with Crippen molar-refractivity contribution in [3.05, 3.63) is 39.0 Å². The van der Waals surface area contributed by atoms with Crippen LogP contribution < -0.4 is 5.56 Å². The van der Waals surface area contributed by atoms with Crippen LogP contribution in [0.15, 0.2) is 27.8 Å². The average Bonchev–Trinajstić information content (AvgIpc) is 2.13. The van der Waals surface area contributed by atoms with Gasteiger partial charge in [-0.05, 0) is 6.92 Å². The van der Waals surface area contributed by atoms with E-state index < -0.39 is 0 Å². The molecule has 0 fully saturated rings. The Labute approximate surface area is 85.6 Å². The molecule has 1 aromatic heterocycles. The van der Waals surface area contributed by atoms with Crippen LogP contribution in [0.4, 0.5) is 0 Å². The summed E-state index contributed by atoms with van der Waals surface area (Å²) < 4.78 is 1.45. The number of aromatic nitrogens is 2. The molecule has 1 rings (SSSR count). The summed E-state index contributed by atoms with van der Waals surface area (Å²) >= 11 is 11.0. The molecule has 0 amide bonds. The molecule has 0 saturated carbocycles. The Morgan fingerprint density at radius 1 is 1.77 bits per heavy atom. The first kappa shape index (κ1) is 10.3. The van der Waals surface area contributed by atoms with Gasteiger partial charge in [0.2, 0.25) is 0 Å². The normalized spacial score (nSPS) is 11.8. The minimum atomic E-state index is -0.154. The van der Waals surface area contributed by atoms with E-state index in [0.29, 0.717) is 10.7 Å². The molecule has 1 aromatic rings. The summed E-state index contributed by atoms with van der Waals surface area (Å²) in [4.78, 5) is 15.2. The number of aryl methyl sites for hydroxylation is 1. The third-order valence-electron chi connectivity index (χ3n) is 1.52. The molecule has 3 nitrogen and oxygen atoms in total. The predicted molar refractivity (Wildman–Crippen MR) is 53.0 cm³/mol. The summed E-state index contributed by atoms with van der Waals surface area (Å²) in [7, 11) is 0. The van der Waals surface area contributed by atoms with E-state index in [1.807, 2.05) is 0 Å². The smallest absolute Gasteiger partial charge is 0.272 e. The first-order chi connectivity index (χ1) is 6.15. The SMILES string of the molecule is Cc1nccn(C/C(Cl)=C/Cl)c1=O. The maximum atomic E-state index is 11.4. The van der Waals surface area contributed by atoms with Crippen molar-refractivity contribution in [1.82, 2.24) is 9.55 Å². The molecule has 0 aromatic carbocycles. The van der Waals surface area contributed by atoms with Crippen molar-refractivity contribution in [3.8, 4) is 0 Å². The van der Waals surface area contributed by atoms with Crippen molar-refractivity contribution in [2.24, 2.45) is 0 Å². The topological polar surface area (TPSA) is 34.9 Å². The van der Waals surface area contributed by atoms with Gasteiger partial charge in [0, 0.05) is 23.0 Å². The van der Waals surface area contributed by atoms with Gasteiger partial charge in [0.05, 0.1) is 6.54 Å². The molecule has 0 aliphatic rings. The Kier molecular flexibility index (Phi) is 3.51. The Hall–Kier alpha value is -0.800. The molecular weight excluding hydrogens is 211 g/mol. The van der Waals surface area contributed by atoms with Crippen molar-refractivity contribution in [1.29, 1.82) is 0 Å². The molecule has 0 saturated heterocycles. The lowest BCUT2D eigenvalue weighted by Crippen LogP contribution is -2.22. The summed E-state index contributed by atoms with van der Waals surface area (Å²) in [6, 6.07) is 0. The molecule has 0 radical (unpaired) electrons. The monoisotopic (exact) mass is 218 g/mol. The third kappa shape index (κ3) is 2.57. The number of halogens is 2. The fourth-order valence-electron chi connectivity index (χ4n) is 0.878. The third-order valence-corrected chi connectivity index (χ3v) is 2.13. The van der Waals surface area contributed by atoms with E-state index in [4.69, 9.17) is 23.2 Å². The lowest BCUT2D eigenvalue weighted by molar-refractivity contribution is 0.747. The fourth-order valence-corrected chi connectivity index (χ4v) is 1.08. The molecule has 0 unspecified atom stereocenters. The number of hydrogen-bond donors (Lipinski definition) is 0. The second kappa shape index (κ2) is 4.44. The van der Waals surface area contributed by atoms with Gasteiger partial charge in [-0.1, -0.05) is 23.2 Å². The van der Waals surface area contributed by atoms with E-state index in [1.54, 1.807) is 19.3 Å². The zero-order chi connectivity index (χ0) is 9.84. The van der Waals surface area contributed by atoms with Crippen LogP contribution in [0.1, 0.15) is 5.69 Å². The second-order valence-corrected chi connectivity index (χ2v) is 3.21. The first-order valence-electron chi connectivity index (χ1n) is 3.62. The molecule has 0 spiro atoms. The van der Waals surface area contributed by atoms with Crippen LogP contribution in [0.25, 0.3) is 0 Å². The van der Waals surface area contributed by atoms with Crippen molar-refractivity contribution >= 4 is 23.2 Å². The Morgan fingerprint density at radius 3 is 3.08 bits per heavy atom. The predicted octanol–water partition coefficient (Wildman–Crippen LogP) is 1.87. The molecule has 0 bridgehead atoms. The van der Waals surface area contributed by atoms with Crippen LogP contribution in [0.2, 0.25) is 0 Å². The van der Waals surface area contributed by atoms with Crippen LogP contribution >= 0.6 is 23.2 Å². The van der Waals surface area contributed by atoms with E-state index >= 15 is 0 Å². The van der Waals surface area contributed by atoms with E-state index in [0.717, 1.165) is 0 Å². The van der Waals surface area contributed by atoms with Gasteiger partial charge in [-0.15, -0.1) is 0 Å². The molecule has 13 heavy (non-hydrogen) atoms. The highest BCUT2D eigenvalue weighted by atomic mass is 35.5. The summed E-state index contributed by atoms with van der Waals surface area (Å²) in [6.45, 7) is 1.93. The molecule has 70 valence electrons. The first-order valence-corrected chi connectivity index (χ1v) is 4.43. The number of hydrogen-bond acceptors (Lipinski definition) is 2. The average molecular weight is 219 g/mol. The summed E-state index contributed by atoms with van der Waals surface area (Å²) in [6.07, 6.45) is 3.12. The number of rotatable bonds is 2. The summed E-state index contributed by atoms with van der Waals surface area (Å²) in [5.74, 6) is 0. The van der Waals surface area contributed by atoms with Gasteiger partial charge in [-0.2, -0.15) is 0 Å². The molecule has 0 aliphatic heterocycles. The summed E-state index contributed by atoms with van der Waals surface area (Å²) in [5.41, 5.74) is 1.53. The minimum Gasteiger partial charge on any atom is -0.307 e. The van der Waals surface area contributed by atoms with E-state index in [1.165, 1.54) is 10.1 Å². The van der Waals surface area contributed by atoms with Crippen molar-refractivity contribution in [2.75, 3.05) is 0 Å². The lowest BCUT2D eigenvalue weighted by atomic mass is 10.4. The van der Waals surface area contributed by atoms with Crippen molar-refractivity contribution in [3.63, 3.8) is 0 Å². The Balaban J connectivity index is 3.03. The van der Waals surface area contributed by atoms with E-state index in [2.05, 4.69) is 4.98 Å². The lowest BCUT2D eigenvalue weighted by Gasteiger charge is -2.03. The molecular formula is C8H8Cl2N2O. The van der Waals surface area contributed by atoms with Gasteiger partial charge >= 0.3 is 0 Å². The molecule has 0 aliphatic carbocycles.